The molecule has 0 radical (unpaired) electrons. The molecule has 0 aromatic carbocycles. The first-order valence-corrected chi connectivity index (χ1v) is 6.90. The molecule has 98 valence electrons. The molecule has 1 N–H and O–H groups in total. The Balaban J connectivity index is 2.35. The van der Waals surface area contributed by atoms with Gasteiger partial charge in [0.05, 0.1) is 11.4 Å². The van der Waals surface area contributed by atoms with Gasteiger partial charge in [0.2, 0.25) is 0 Å². The van der Waals surface area contributed by atoms with Gasteiger partial charge in [-0.05, 0) is 34.6 Å². The number of hydrogen-bond donors (Lipinski definition) is 1. The summed E-state index contributed by atoms with van der Waals surface area (Å²) >= 11 is 1.64. The van der Waals surface area contributed by atoms with Crippen LogP contribution in [0, 0.1) is 13.8 Å². The van der Waals surface area contributed by atoms with Crippen molar-refractivity contribution in [3.63, 3.8) is 0 Å². The minimum absolute atomic E-state index is 0.0359. The molecule has 0 bridgehead atoms. The van der Waals surface area contributed by atoms with Crippen LogP contribution in [0.15, 0.2) is 5.38 Å². The second kappa shape index (κ2) is 4.39. The molecule has 0 aliphatic carbocycles. The molecule has 0 amide bonds. The number of anilines is 1. The van der Waals surface area contributed by atoms with E-state index >= 15 is 0 Å². The number of nitrogens with one attached hydrogen (secondary N) is 1. The van der Waals surface area contributed by atoms with Gasteiger partial charge in [0, 0.05) is 29.2 Å². The van der Waals surface area contributed by atoms with Crippen LogP contribution < -0.4 is 5.32 Å². The van der Waals surface area contributed by atoms with Crippen LogP contribution in [0.25, 0.3) is 11.3 Å². The molecule has 2 rings (SSSR count). The summed E-state index contributed by atoms with van der Waals surface area (Å²) in [4.78, 5) is 4.65. The Kier molecular flexibility index (Phi) is 3.19. The van der Waals surface area contributed by atoms with Crippen LogP contribution in [0.2, 0.25) is 0 Å². The summed E-state index contributed by atoms with van der Waals surface area (Å²) in [6.07, 6.45) is 0. The zero-order chi connectivity index (χ0) is 13.5. The summed E-state index contributed by atoms with van der Waals surface area (Å²) in [5.74, 6) is 0. The Morgan fingerprint density at radius 1 is 1.28 bits per heavy atom. The quantitative estimate of drug-likeness (QED) is 0.904. The third kappa shape index (κ3) is 2.56. The van der Waals surface area contributed by atoms with E-state index in [1.54, 1.807) is 11.3 Å². The second-order valence-electron chi connectivity index (χ2n) is 5.58. The van der Waals surface area contributed by atoms with Crippen LogP contribution >= 0.6 is 11.3 Å². The summed E-state index contributed by atoms with van der Waals surface area (Å²) in [7, 11) is 1.96. The van der Waals surface area contributed by atoms with E-state index in [-0.39, 0.29) is 5.54 Å². The lowest BCUT2D eigenvalue weighted by Crippen LogP contribution is -2.25. The monoisotopic (exact) mass is 264 g/mol. The van der Waals surface area contributed by atoms with E-state index in [4.69, 9.17) is 0 Å². The van der Waals surface area contributed by atoms with Crippen LogP contribution in [-0.2, 0) is 7.05 Å². The van der Waals surface area contributed by atoms with Gasteiger partial charge in [-0.2, -0.15) is 5.10 Å². The first kappa shape index (κ1) is 13.1. The molecule has 0 aliphatic rings. The lowest BCUT2D eigenvalue weighted by atomic mass is 10.1. The number of nitrogens with zero attached hydrogens (tertiary/aromatic N) is 3. The van der Waals surface area contributed by atoms with Gasteiger partial charge in [0.1, 0.15) is 0 Å². The number of rotatable bonds is 2. The van der Waals surface area contributed by atoms with Gasteiger partial charge >= 0.3 is 0 Å². The smallest absolute Gasteiger partial charge is 0.183 e. The van der Waals surface area contributed by atoms with Crippen molar-refractivity contribution >= 4 is 16.5 Å². The number of thiazole rings is 1. The number of hydrogen-bond acceptors (Lipinski definition) is 4. The van der Waals surface area contributed by atoms with Crippen molar-refractivity contribution in [1.82, 2.24) is 14.8 Å². The minimum Gasteiger partial charge on any atom is -0.357 e. The van der Waals surface area contributed by atoms with Crippen LogP contribution in [0.5, 0.6) is 0 Å². The third-order valence-corrected chi connectivity index (χ3v) is 3.51. The van der Waals surface area contributed by atoms with Gasteiger partial charge in [0.25, 0.3) is 0 Å². The average molecular weight is 264 g/mol. The molecule has 4 nitrogen and oxygen atoms in total. The molecule has 0 spiro atoms. The first-order valence-electron chi connectivity index (χ1n) is 6.02. The van der Waals surface area contributed by atoms with Gasteiger partial charge in [-0.3, -0.25) is 4.68 Å². The van der Waals surface area contributed by atoms with Crippen molar-refractivity contribution in [2.45, 2.75) is 40.2 Å². The fourth-order valence-electron chi connectivity index (χ4n) is 1.91. The van der Waals surface area contributed by atoms with Crippen LogP contribution in [-0.4, -0.2) is 20.3 Å². The van der Waals surface area contributed by atoms with Crippen molar-refractivity contribution in [1.29, 1.82) is 0 Å². The maximum atomic E-state index is 4.65. The van der Waals surface area contributed by atoms with E-state index in [1.807, 2.05) is 18.7 Å². The fourth-order valence-corrected chi connectivity index (χ4v) is 2.82. The maximum absolute atomic E-state index is 4.65. The molecule has 0 saturated heterocycles. The van der Waals surface area contributed by atoms with Gasteiger partial charge < -0.3 is 5.32 Å². The number of aryl methyl sites for hydroxylation is 2. The van der Waals surface area contributed by atoms with Crippen molar-refractivity contribution in [2.75, 3.05) is 5.32 Å². The molecule has 2 aromatic heterocycles. The predicted molar refractivity (Wildman–Crippen MR) is 77.2 cm³/mol. The molecule has 2 aromatic rings. The van der Waals surface area contributed by atoms with E-state index in [1.165, 1.54) is 0 Å². The van der Waals surface area contributed by atoms with Crippen molar-refractivity contribution in [3.05, 3.63) is 16.8 Å². The van der Waals surface area contributed by atoms with Crippen molar-refractivity contribution in [2.24, 2.45) is 7.05 Å². The van der Waals surface area contributed by atoms with Gasteiger partial charge in [-0.1, -0.05) is 0 Å². The van der Waals surface area contributed by atoms with Gasteiger partial charge in [-0.25, -0.2) is 4.98 Å². The van der Waals surface area contributed by atoms with E-state index < -0.39 is 0 Å². The Labute approximate surface area is 112 Å². The topological polar surface area (TPSA) is 42.7 Å². The molecule has 0 unspecified atom stereocenters. The van der Waals surface area contributed by atoms with Crippen LogP contribution in [0.3, 0.4) is 0 Å². The number of aromatic nitrogens is 3. The van der Waals surface area contributed by atoms with Gasteiger partial charge in [0.15, 0.2) is 5.13 Å². The SMILES string of the molecule is Cc1nn(C)c(C)c1-c1csc(NC(C)(C)C)n1. The summed E-state index contributed by atoms with van der Waals surface area (Å²) in [5.41, 5.74) is 4.38. The zero-order valence-electron chi connectivity index (χ0n) is 11.8. The van der Waals surface area contributed by atoms with Crippen LogP contribution in [0.4, 0.5) is 5.13 Å². The molecule has 0 saturated carbocycles. The molecule has 18 heavy (non-hydrogen) atoms. The Bertz CT molecular complexity index is 560. The molecule has 5 heteroatoms. The third-order valence-electron chi connectivity index (χ3n) is 2.75. The molecule has 0 atom stereocenters. The van der Waals surface area contributed by atoms with E-state index in [0.717, 1.165) is 27.8 Å². The lowest BCUT2D eigenvalue weighted by molar-refractivity contribution is 0.633. The first-order chi connectivity index (χ1) is 8.28. The largest absolute Gasteiger partial charge is 0.357 e. The van der Waals surface area contributed by atoms with Gasteiger partial charge in [-0.15, -0.1) is 11.3 Å². The van der Waals surface area contributed by atoms with E-state index in [0.29, 0.717) is 0 Å². The molecule has 2 heterocycles. The van der Waals surface area contributed by atoms with Crippen molar-refractivity contribution in [3.8, 4) is 11.3 Å². The molecule has 0 fully saturated rings. The van der Waals surface area contributed by atoms with E-state index in [9.17, 15) is 0 Å². The molecular weight excluding hydrogens is 244 g/mol. The minimum atomic E-state index is 0.0359. The summed E-state index contributed by atoms with van der Waals surface area (Å²) < 4.78 is 1.90. The van der Waals surface area contributed by atoms with Crippen molar-refractivity contribution < 1.29 is 0 Å². The van der Waals surface area contributed by atoms with E-state index in [2.05, 4.69) is 48.5 Å². The highest BCUT2D eigenvalue weighted by atomic mass is 32.1. The highest BCUT2D eigenvalue weighted by Gasteiger charge is 2.16. The zero-order valence-corrected chi connectivity index (χ0v) is 12.6. The summed E-state index contributed by atoms with van der Waals surface area (Å²) in [5, 5.41) is 10.9. The maximum Gasteiger partial charge on any atom is 0.183 e. The summed E-state index contributed by atoms with van der Waals surface area (Å²) in [6, 6.07) is 0. The standard InChI is InChI=1S/C13H20N4S/c1-8-11(9(2)17(6)16-8)10-7-18-12(14-10)15-13(3,4)5/h7H,1-6H3,(H,14,15). The highest BCUT2D eigenvalue weighted by Crippen LogP contribution is 2.30. The fraction of sp³-hybridized carbons (Fsp3) is 0.538. The molecular formula is C13H20N4S. The Morgan fingerprint density at radius 3 is 2.44 bits per heavy atom. The second-order valence-corrected chi connectivity index (χ2v) is 6.44. The summed E-state index contributed by atoms with van der Waals surface area (Å²) in [6.45, 7) is 10.5. The average Bonchev–Trinajstić information content (AvgIpc) is 2.71. The normalized spacial score (nSPS) is 11.9. The predicted octanol–water partition coefficient (Wildman–Crippen LogP) is 3.37. The van der Waals surface area contributed by atoms with Crippen LogP contribution in [0.1, 0.15) is 32.2 Å². The lowest BCUT2D eigenvalue weighted by Gasteiger charge is -2.19. The molecule has 0 aliphatic heterocycles. The Hall–Kier alpha value is -1.36. The Morgan fingerprint density at radius 2 is 1.94 bits per heavy atom. The highest BCUT2D eigenvalue weighted by molar-refractivity contribution is 7.14.